The third-order valence-corrected chi connectivity index (χ3v) is 4.40. The van der Waals surface area contributed by atoms with Crippen LogP contribution in [-0.2, 0) is 11.2 Å². The summed E-state index contributed by atoms with van der Waals surface area (Å²) in [7, 11) is 0. The minimum atomic E-state index is 0.0726. The number of para-hydroxylation sites is 1. The number of hydrogen-bond acceptors (Lipinski definition) is 3. The van der Waals surface area contributed by atoms with E-state index in [1.165, 1.54) is 12.8 Å². The van der Waals surface area contributed by atoms with Crippen molar-refractivity contribution >= 4 is 22.5 Å². The maximum Gasteiger partial charge on any atom is 0.238 e. The van der Waals surface area contributed by atoms with Crippen LogP contribution in [0.15, 0.2) is 24.3 Å². The molecule has 116 valence electrons. The van der Waals surface area contributed by atoms with Crippen LogP contribution in [0.4, 0.5) is 5.69 Å². The molecule has 0 saturated carbocycles. The fourth-order valence-electron chi connectivity index (χ4n) is 3.19. The lowest BCUT2D eigenvalue weighted by atomic mass is 10.1. The molecule has 1 fully saturated rings. The van der Waals surface area contributed by atoms with Gasteiger partial charge < -0.3 is 5.32 Å². The summed E-state index contributed by atoms with van der Waals surface area (Å²) >= 11 is 0. The molecule has 0 radical (unpaired) electrons. The Morgan fingerprint density at radius 2 is 2.00 bits per heavy atom. The number of benzene rings is 1. The van der Waals surface area contributed by atoms with E-state index in [1.54, 1.807) is 0 Å². The Hall–Kier alpha value is -1.94. The Kier molecular flexibility index (Phi) is 4.39. The van der Waals surface area contributed by atoms with Gasteiger partial charge in [-0.05, 0) is 50.9 Å². The third-order valence-electron chi connectivity index (χ3n) is 4.40. The fourth-order valence-corrected chi connectivity index (χ4v) is 3.19. The van der Waals surface area contributed by atoms with E-state index in [0.29, 0.717) is 6.54 Å². The number of likely N-dealkylation sites (tertiary alicyclic amines) is 1. The molecule has 0 bridgehead atoms. The van der Waals surface area contributed by atoms with Crippen molar-refractivity contribution in [1.82, 2.24) is 9.88 Å². The number of rotatable bonds is 4. The van der Waals surface area contributed by atoms with Crippen LogP contribution in [0.3, 0.4) is 0 Å². The molecular formula is C18H23N3O. The fraction of sp³-hybridized carbons (Fsp3) is 0.444. The van der Waals surface area contributed by atoms with Gasteiger partial charge in [0.1, 0.15) is 0 Å². The van der Waals surface area contributed by atoms with E-state index in [-0.39, 0.29) is 5.91 Å². The summed E-state index contributed by atoms with van der Waals surface area (Å²) in [5, 5.41) is 4.15. The van der Waals surface area contributed by atoms with Gasteiger partial charge >= 0.3 is 0 Å². The second kappa shape index (κ2) is 6.44. The summed E-state index contributed by atoms with van der Waals surface area (Å²) in [5.74, 6) is 0.0726. The van der Waals surface area contributed by atoms with Gasteiger partial charge in [0.15, 0.2) is 0 Å². The van der Waals surface area contributed by atoms with Crippen molar-refractivity contribution in [3.63, 3.8) is 0 Å². The molecule has 2 aromatic rings. The molecule has 22 heavy (non-hydrogen) atoms. The second-order valence-electron chi connectivity index (χ2n) is 5.96. The average molecular weight is 297 g/mol. The van der Waals surface area contributed by atoms with E-state index in [1.807, 2.05) is 31.2 Å². The van der Waals surface area contributed by atoms with Gasteiger partial charge in [-0.1, -0.05) is 25.1 Å². The average Bonchev–Trinajstić information content (AvgIpc) is 3.02. The van der Waals surface area contributed by atoms with Crippen LogP contribution in [0.5, 0.6) is 0 Å². The van der Waals surface area contributed by atoms with Gasteiger partial charge in [-0.15, -0.1) is 0 Å². The summed E-state index contributed by atoms with van der Waals surface area (Å²) in [5.41, 5.74) is 4.00. The van der Waals surface area contributed by atoms with Crippen LogP contribution in [0, 0.1) is 6.92 Å². The molecule has 1 aromatic heterocycles. The first-order valence-corrected chi connectivity index (χ1v) is 8.09. The molecule has 4 nitrogen and oxygen atoms in total. The molecule has 0 unspecified atom stereocenters. The second-order valence-corrected chi connectivity index (χ2v) is 5.96. The minimum Gasteiger partial charge on any atom is -0.324 e. The summed E-state index contributed by atoms with van der Waals surface area (Å²) in [6, 6.07) is 8.01. The first kappa shape index (κ1) is 15.0. The summed E-state index contributed by atoms with van der Waals surface area (Å²) in [6.45, 7) is 6.69. The number of pyridine rings is 1. The Morgan fingerprint density at radius 1 is 1.27 bits per heavy atom. The predicted molar refractivity (Wildman–Crippen MR) is 90.2 cm³/mol. The van der Waals surface area contributed by atoms with Crippen LogP contribution in [-0.4, -0.2) is 35.4 Å². The number of hydrogen-bond donors (Lipinski definition) is 1. The highest BCUT2D eigenvalue weighted by Gasteiger charge is 2.17. The number of aryl methyl sites for hydroxylation is 1. The van der Waals surface area contributed by atoms with Crippen molar-refractivity contribution in [1.29, 1.82) is 0 Å². The molecule has 0 spiro atoms. The Bertz CT molecular complexity index is 690. The zero-order chi connectivity index (χ0) is 15.5. The molecule has 1 N–H and O–H groups in total. The maximum absolute atomic E-state index is 12.4. The lowest BCUT2D eigenvalue weighted by molar-refractivity contribution is -0.117. The Labute approximate surface area is 131 Å². The van der Waals surface area contributed by atoms with Crippen LogP contribution in [0.25, 0.3) is 10.9 Å². The normalized spacial score (nSPS) is 15.4. The van der Waals surface area contributed by atoms with Crippen molar-refractivity contribution in [3.8, 4) is 0 Å². The van der Waals surface area contributed by atoms with Crippen LogP contribution >= 0.6 is 0 Å². The molecule has 1 aliphatic heterocycles. The van der Waals surface area contributed by atoms with Gasteiger partial charge in [0.2, 0.25) is 5.91 Å². The topological polar surface area (TPSA) is 45.2 Å². The van der Waals surface area contributed by atoms with Crippen LogP contribution in [0.1, 0.15) is 31.0 Å². The van der Waals surface area contributed by atoms with Crippen molar-refractivity contribution in [2.75, 3.05) is 25.0 Å². The van der Waals surface area contributed by atoms with Crippen molar-refractivity contribution in [2.45, 2.75) is 33.1 Å². The molecule has 4 heteroatoms. The predicted octanol–water partition coefficient (Wildman–Crippen LogP) is 3.14. The first-order chi connectivity index (χ1) is 10.7. The van der Waals surface area contributed by atoms with Crippen molar-refractivity contribution < 1.29 is 4.79 Å². The summed E-state index contributed by atoms with van der Waals surface area (Å²) in [4.78, 5) is 19.3. The molecule has 0 aliphatic carbocycles. The molecule has 1 saturated heterocycles. The molecular weight excluding hydrogens is 274 g/mol. The Balaban J connectivity index is 1.91. The molecule has 0 atom stereocenters. The lowest BCUT2D eigenvalue weighted by Gasteiger charge is -2.17. The molecule has 3 rings (SSSR count). The van der Waals surface area contributed by atoms with Crippen LogP contribution in [0.2, 0.25) is 0 Å². The third kappa shape index (κ3) is 2.97. The van der Waals surface area contributed by atoms with E-state index in [2.05, 4.69) is 17.1 Å². The van der Waals surface area contributed by atoms with Gasteiger partial charge in [-0.2, -0.15) is 0 Å². The molecule has 1 aromatic carbocycles. The zero-order valence-corrected chi connectivity index (χ0v) is 13.4. The van der Waals surface area contributed by atoms with E-state index in [4.69, 9.17) is 4.98 Å². The number of carbonyl (C=O) groups excluding carboxylic acids is 1. The van der Waals surface area contributed by atoms with Gasteiger partial charge in [-0.25, -0.2) is 0 Å². The minimum absolute atomic E-state index is 0.0726. The smallest absolute Gasteiger partial charge is 0.238 e. The number of amides is 1. The molecule has 1 amide bonds. The van der Waals surface area contributed by atoms with E-state index in [9.17, 15) is 4.79 Å². The highest BCUT2D eigenvalue weighted by atomic mass is 16.2. The van der Waals surface area contributed by atoms with Gasteiger partial charge in [-0.3, -0.25) is 14.7 Å². The monoisotopic (exact) mass is 297 g/mol. The number of fused-ring (bicyclic) bond motifs is 1. The zero-order valence-electron chi connectivity index (χ0n) is 13.4. The number of nitrogens with one attached hydrogen (secondary N) is 1. The summed E-state index contributed by atoms with van der Waals surface area (Å²) in [6.07, 6.45) is 3.26. The van der Waals surface area contributed by atoms with Crippen LogP contribution < -0.4 is 5.32 Å². The van der Waals surface area contributed by atoms with Gasteiger partial charge in [0.05, 0.1) is 17.7 Å². The van der Waals surface area contributed by atoms with Crippen molar-refractivity contribution in [3.05, 3.63) is 35.5 Å². The standard InChI is InChI=1S/C18H23N3O/c1-3-15-13(2)18(14-8-4-5-9-16(14)19-15)20-17(22)12-21-10-6-7-11-21/h4-5,8-9H,3,6-7,10-12H2,1-2H3,(H,19,20,22). The van der Waals surface area contributed by atoms with E-state index >= 15 is 0 Å². The Morgan fingerprint density at radius 3 is 2.73 bits per heavy atom. The quantitative estimate of drug-likeness (QED) is 0.943. The molecule has 2 heterocycles. The molecule has 1 aliphatic rings. The number of carbonyl (C=O) groups is 1. The maximum atomic E-state index is 12.4. The largest absolute Gasteiger partial charge is 0.324 e. The van der Waals surface area contributed by atoms with Gasteiger partial charge in [0.25, 0.3) is 0 Å². The summed E-state index contributed by atoms with van der Waals surface area (Å²) < 4.78 is 0. The highest BCUT2D eigenvalue weighted by molar-refractivity contribution is 6.03. The SMILES string of the molecule is CCc1nc2ccccc2c(NC(=O)CN2CCCC2)c1C. The number of anilines is 1. The van der Waals surface area contributed by atoms with Gasteiger partial charge in [0, 0.05) is 11.1 Å². The highest BCUT2D eigenvalue weighted by Crippen LogP contribution is 2.28. The number of aromatic nitrogens is 1. The van der Waals surface area contributed by atoms with Crippen molar-refractivity contribution in [2.24, 2.45) is 0 Å². The number of nitrogens with zero attached hydrogens (tertiary/aromatic N) is 2. The lowest BCUT2D eigenvalue weighted by Crippen LogP contribution is -2.31. The van der Waals surface area contributed by atoms with E-state index in [0.717, 1.165) is 47.4 Å². The first-order valence-electron chi connectivity index (χ1n) is 8.09. The van der Waals surface area contributed by atoms with E-state index < -0.39 is 0 Å².